The van der Waals surface area contributed by atoms with Crippen molar-refractivity contribution in [1.82, 2.24) is 0 Å². The van der Waals surface area contributed by atoms with Gasteiger partial charge in [0.2, 0.25) is 5.78 Å². The number of aliphatic hydroxyl groups is 1. The zero-order valence-corrected chi connectivity index (χ0v) is 16.2. The maximum atomic E-state index is 12.7. The molecule has 0 bridgehead atoms. The second kappa shape index (κ2) is 9.48. The molecule has 0 unspecified atom stereocenters. The Morgan fingerprint density at radius 2 is 1.62 bits per heavy atom. The zero-order chi connectivity index (χ0) is 20.0. The van der Waals surface area contributed by atoms with Crippen molar-refractivity contribution in [2.24, 2.45) is 11.8 Å². The van der Waals surface area contributed by atoms with Crippen molar-refractivity contribution in [3.63, 3.8) is 0 Å². The first kappa shape index (κ1) is 21.8. The Bertz CT molecular complexity index is 653. The lowest BCUT2D eigenvalue weighted by Crippen LogP contribution is -2.49. The first-order valence-electron chi connectivity index (χ1n) is 8.71. The van der Waals surface area contributed by atoms with Gasteiger partial charge in [-0.3, -0.25) is 4.79 Å². The molecule has 144 valence electrons. The number of carbonyl (C=O) groups excluding carboxylic acids is 3. The van der Waals surface area contributed by atoms with E-state index in [2.05, 4.69) is 0 Å². The molecule has 0 aliphatic heterocycles. The number of aliphatic hydroxyl groups excluding tert-OH is 1. The van der Waals surface area contributed by atoms with Crippen LogP contribution in [-0.4, -0.2) is 41.6 Å². The molecule has 0 radical (unpaired) electrons. The normalized spacial score (nSPS) is 24.4. The number of ether oxygens (including phenoxy) is 2. The van der Waals surface area contributed by atoms with E-state index in [0.717, 1.165) is 0 Å². The molecule has 0 heterocycles. The molecular formula is C20H28O6. The molecule has 1 aliphatic rings. The Morgan fingerprint density at radius 1 is 1.12 bits per heavy atom. The maximum absolute atomic E-state index is 12.7. The smallest absolute Gasteiger partial charge is 0.334 e. The van der Waals surface area contributed by atoms with Crippen molar-refractivity contribution in [3.05, 3.63) is 34.9 Å². The van der Waals surface area contributed by atoms with Crippen molar-refractivity contribution in [1.29, 1.82) is 0 Å². The van der Waals surface area contributed by atoms with E-state index in [1.807, 2.05) is 13.8 Å². The molecule has 0 amide bonds. The third kappa shape index (κ3) is 4.91. The highest BCUT2D eigenvalue weighted by Crippen LogP contribution is 2.33. The average molecular weight is 364 g/mol. The SMILES string of the molecule is C/C=C(/C)C(=O)O[C@H]1C=C(CO)C(=O)[C@H](OC(=O)/C(C)=C/C)[C@H]1C(C)C. The van der Waals surface area contributed by atoms with E-state index < -0.39 is 42.5 Å². The largest absolute Gasteiger partial charge is 0.454 e. The fraction of sp³-hybridized carbons (Fsp3) is 0.550. The van der Waals surface area contributed by atoms with Crippen LogP contribution in [0.2, 0.25) is 0 Å². The molecule has 26 heavy (non-hydrogen) atoms. The van der Waals surface area contributed by atoms with Gasteiger partial charge >= 0.3 is 11.9 Å². The molecule has 1 aliphatic carbocycles. The van der Waals surface area contributed by atoms with Crippen molar-refractivity contribution < 1.29 is 29.0 Å². The van der Waals surface area contributed by atoms with E-state index in [-0.39, 0.29) is 11.5 Å². The summed E-state index contributed by atoms with van der Waals surface area (Å²) in [5.41, 5.74) is 0.883. The molecule has 1 rings (SSSR count). The lowest BCUT2D eigenvalue weighted by Gasteiger charge is -2.37. The van der Waals surface area contributed by atoms with Gasteiger partial charge in [0.05, 0.1) is 6.61 Å². The summed E-state index contributed by atoms with van der Waals surface area (Å²) in [6, 6.07) is 0. The summed E-state index contributed by atoms with van der Waals surface area (Å²) in [4.78, 5) is 37.0. The van der Waals surface area contributed by atoms with Crippen molar-refractivity contribution in [2.45, 2.75) is 53.8 Å². The standard InChI is InChI=1S/C20H28O6/c1-7-12(5)19(23)25-15-9-14(10-21)17(22)18(16(15)11(3)4)26-20(24)13(6)8-2/h7-9,11,15-16,18,21H,10H2,1-6H3/b12-7-,13-8+/t15-,16-,18+/m0/s1. The van der Waals surface area contributed by atoms with Crippen LogP contribution in [0.3, 0.4) is 0 Å². The van der Waals surface area contributed by atoms with Gasteiger partial charge in [0.1, 0.15) is 6.10 Å². The van der Waals surface area contributed by atoms with Crippen LogP contribution in [0.25, 0.3) is 0 Å². The number of hydrogen-bond acceptors (Lipinski definition) is 6. The Hall–Kier alpha value is -2.21. The summed E-state index contributed by atoms with van der Waals surface area (Å²) >= 11 is 0. The van der Waals surface area contributed by atoms with Gasteiger partial charge in [0.15, 0.2) is 6.10 Å². The first-order valence-corrected chi connectivity index (χ1v) is 8.71. The van der Waals surface area contributed by atoms with Gasteiger partial charge in [0.25, 0.3) is 0 Å². The predicted octanol–water partition coefficient (Wildman–Crippen LogP) is 2.52. The Kier molecular flexibility index (Phi) is 7.96. The van der Waals surface area contributed by atoms with E-state index in [0.29, 0.717) is 11.1 Å². The minimum absolute atomic E-state index is 0.0776. The Labute approximate surface area is 154 Å². The molecule has 6 heteroatoms. The van der Waals surface area contributed by atoms with Crippen molar-refractivity contribution >= 4 is 17.7 Å². The van der Waals surface area contributed by atoms with Crippen LogP contribution in [0.1, 0.15) is 41.5 Å². The van der Waals surface area contributed by atoms with Gasteiger partial charge < -0.3 is 14.6 Å². The highest BCUT2D eigenvalue weighted by Gasteiger charge is 2.45. The number of Topliss-reactive ketones (excluding diaryl/α,β-unsaturated/α-hetero) is 1. The number of esters is 2. The van der Waals surface area contributed by atoms with E-state index in [9.17, 15) is 19.5 Å². The van der Waals surface area contributed by atoms with Gasteiger partial charge in [0, 0.05) is 22.6 Å². The molecule has 0 saturated heterocycles. The molecule has 0 saturated carbocycles. The Morgan fingerprint density at radius 3 is 2.04 bits per heavy atom. The number of rotatable bonds is 6. The summed E-state index contributed by atoms with van der Waals surface area (Å²) in [5.74, 6) is -2.23. The monoisotopic (exact) mass is 364 g/mol. The quantitative estimate of drug-likeness (QED) is 0.575. The van der Waals surface area contributed by atoms with Crippen LogP contribution in [-0.2, 0) is 23.9 Å². The highest BCUT2D eigenvalue weighted by molar-refractivity contribution is 6.02. The molecule has 3 atom stereocenters. The molecule has 1 N–H and O–H groups in total. The van der Waals surface area contributed by atoms with Gasteiger partial charge in [-0.2, -0.15) is 0 Å². The van der Waals surface area contributed by atoms with Crippen LogP contribution in [0, 0.1) is 11.8 Å². The summed E-state index contributed by atoms with van der Waals surface area (Å²) < 4.78 is 11.0. The van der Waals surface area contributed by atoms with Crippen LogP contribution < -0.4 is 0 Å². The van der Waals surface area contributed by atoms with E-state index in [1.165, 1.54) is 6.08 Å². The summed E-state index contributed by atoms with van der Waals surface area (Å²) in [5, 5.41) is 9.51. The van der Waals surface area contributed by atoms with Crippen molar-refractivity contribution in [2.75, 3.05) is 6.61 Å². The molecule has 0 spiro atoms. The van der Waals surface area contributed by atoms with Crippen molar-refractivity contribution in [3.8, 4) is 0 Å². The van der Waals surface area contributed by atoms with Gasteiger partial charge in [-0.05, 0) is 39.7 Å². The number of ketones is 1. The fourth-order valence-electron chi connectivity index (χ4n) is 2.69. The highest BCUT2D eigenvalue weighted by atomic mass is 16.6. The lowest BCUT2D eigenvalue weighted by molar-refractivity contribution is -0.163. The molecule has 0 aromatic heterocycles. The minimum atomic E-state index is -1.12. The minimum Gasteiger partial charge on any atom is -0.454 e. The topological polar surface area (TPSA) is 89.9 Å². The number of allylic oxidation sites excluding steroid dienone is 2. The number of carbonyl (C=O) groups is 3. The Balaban J connectivity index is 3.27. The first-order chi connectivity index (χ1) is 12.2. The molecule has 0 fully saturated rings. The van der Waals surface area contributed by atoms with Crippen LogP contribution in [0.5, 0.6) is 0 Å². The molecule has 0 aromatic carbocycles. The summed E-state index contributed by atoms with van der Waals surface area (Å²) in [7, 11) is 0. The summed E-state index contributed by atoms with van der Waals surface area (Å²) in [6.07, 6.45) is 2.79. The van der Waals surface area contributed by atoms with Crippen LogP contribution >= 0.6 is 0 Å². The fourth-order valence-corrected chi connectivity index (χ4v) is 2.69. The summed E-state index contributed by atoms with van der Waals surface area (Å²) in [6.45, 7) is 9.85. The van der Waals surface area contributed by atoms with Gasteiger partial charge in [-0.15, -0.1) is 0 Å². The van der Waals surface area contributed by atoms with Gasteiger partial charge in [-0.25, -0.2) is 9.59 Å². The predicted molar refractivity (Wildman–Crippen MR) is 97.1 cm³/mol. The molecular weight excluding hydrogens is 336 g/mol. The lowest BCUT2D eigenvalue weighted by atomic mass is 9.77. The average Bonchev–Trinajstić information content (AvgIpc) is 2.61. The van der Waals surface area contributed by atoms with E-state index in [4.69, 9.17) is 9.47 Å². The van der Waals surface area contributed by atoms with Crippen LogP contribution in [0.4, 0.5) is 0 Å². The number of hydrogen-bond donors (Lipinski definition) is 1. The van der Waals surface area contributed by atoms with E-state index >= 15 is 0 Å². The second-order valence-electron chi connectivity index (χ2n) is 6.67. The maximum Gasteiger partial charge on any atom is 0.334 e. The third-order valence-corrected chi connectivity index (χ3v) is 4.60. The zero-order valence-electron chi connectivity index (χ0n) is 16.2. The van der Waals surface area contributed by atoms with Crippen LogP contribution in [0.15, 0.2) is 34.9 Å². The third-order valence-electron chi connectivity index (χ3n) is 4.60. The van der Waals surface area contributed by atoms with E-state index in [1.54, 1.807) is 39.8 Å². The molecule has 0 aromatic rings. The molecule has 6 nitrogen and oxygen atoms in total. The van der Waals surface area contributed by atoms with Gasteiger partial charge in [-0.1, -0.05) is 26.0 Å². The second-order valence-corrected chi connectivity index (χ2v) is 6.67.